The molecule has 1 aliphatic heterocycles. The summed E-state index contributed by atoms with van der Waals surface area (Å²) >= 11 is 0. The first-order valence-electron chi connectivity index (χ1n) is 7.27. The van der Waals surface area contributed by atoms with Gasteiger partial charge in [0.25, 0.3) is 5.91 Å². The molecule has 114 valence electrons. The minimum absolute atomic E-state index is 0.0144. The van der Waals surface area contributed by atoms with Crippen LogP contribution in [0.25, 0.3) is 0 Å². The third-order valence-electron chi connectivity index (χ3n) is 3.70. The van der Waals surface area contributed by atoms with Crippen molar-refractivity contribution in [2.75, 3.05) is 39.0 Å². The Morgan fingerprint density at radius 1 is 1.38 bits per heavy atom. The van der Waals surface area contributed by atoms with E-state index in [1.807, 2.05) is 13.0 Å². The Balaban J connectivity index is 2.24. The molecule has 0 radical (unpaired) electrons. The predicted octanol–water partition coefficient (Wildman–Crippen LogP) is 0.990. The second kappa shape index (κ2) is 6.56. The number of aryl methyl sites for hydroxylation is 1. The summed E-state index contributed by atoms with van der Waals surface area (Å²) in [7, 11) is 3.55. The highest BCUT2D eigenvalue weighted by atomic mass is 16.2. The molecule has 0 spiro atoms. The summed E-state index contributed by atoms with van der Waals surface area (Å²) in [4.78, 5) is 32.2. The molecule has 6 nitrogen and oxygen atoms in total. The summed E-state index contributed by atoms with van der Waals surface area (Å²) in [6, 6.07) is 3.54. The van der Waals surface area contributed by atoms with Crippen LogP contribution in [0.15, 0.2) is 12.1 Å². The standard InChI is InChI=1S/C15H22N4O2/c1-4-12-8-11(9-13(16-2)17-12)15(21)19-7-5-6-18(3)14(20)10-19/h8-9H,4-7,10H2,1-3H3,(H,16,17). The van der Waals surface area contributed by atoms with E-state index in [4.69, 9.17) is 0 Å². The van der Waals surface area contributed by atoms with E-state index in [1.54, 1.807) is 30.0 Å². The Kier molecular flexibility index (Phi) is 4.77. The first kappa shape index (κ1) is 15.3. The molecular weight excluding hydrogens is 268 g/mol. The van der Waals surface area contributed by atoms with Crippen LogP contribution in [0.4, 0.5) is 5.82 Å². The third-order valence-corrected chi connectivity index (χ3v) is 3.70. The van der Waals surface area contributed by atoms with E-state index >= 15 is 0 Å². The van der Waals surface area contributed by atoms with Crippen molar-refractivity contribution in [1.82, 2.24) is 14.8 Å². The van der Waals surface area contributed by atoms with Crippen molar-refractivity contribution < 1.29 is 9.59 Å². The highest BCUT2D eigenvalue weighted by Gasteiger charge is 2.24. The van der Waals surface area contributed by atoms with Crippen molar-refractivity contribution in [2.45, 2.75) is 19.8 Å². The van der Waals surface area contributed by atoms with Gasteiger partial charge in [-0.05, 0) is 25.0 Å². The summed E-state index contributed by atoms with van der Waals surface area (Å²) in [5.41, 5.74) is 1.45. The quantitative estimate of drug-likeness (QED) is 0.901. The molecule has 1 aromatic heterocycles. The Labute approximate surface area is 125 Å². The number of anilines is 1. The lowest BCUT2D eigenvalue weighted by molar-refractivity contribution is -0.129. The Morgan fingerprint density at radius 3 is 2.81 bits per heavy atom. The number of carbonyl (C=O) groups is 2. The van der Waals surface area contributed by atoms with Crippen LogP contribution in [0.3, 0.4) is 0 Å². The van der Waals surface area contributed by atoms with Gasteiger partial charge >= 0.3 is 0 Å². The highest BCUT2D eigenvalue weighted by Crippen LogP contribution is 2.15. The normalized spacial score (nSPS) is 15.9. The topological polar surface area (TPSA) is 65.5 Å². The van der Waals surface area contributed by atoms with Gasteiger partial charge in [0, 0.05) is 38.4 Å². The molecule has 21 heavy (non-hydrogen) atoms. The average molecular weight is 290 g/mol. The van der Waals surface area contributed by atoms with Crippen molar-refractivity contribution in [3.05, 3.63) is 23.4 Å². The zero-order valence-corrected chi connectivity index (χ0v) is 12.8. The van der Waals surface area contributed by atoms with Crippen LogP contribution in [0.5, 0.6) is 0 Å². The Hall–Kier alpha value is -2.11. The van der Waals surface area contributed by atoms with Crippen LogP contribution < -0.4 is 5.32 Å². The summed E-state index contributed by atoms with van der Waals surface area (Å²) in [5, 5.41) is 2.97. The highest BCUT2D eigenvalue weighted by molar-refractivity contribution is 5.97. The van der Waals surface area contributed by atoms with Crippen LogP contribution in [0.1, 0.15) is 29.4 Å². The van der Waals surface area contributed by atoms with Crippen molar-refractivity contribution >= 4 is 17.6 Å². The van der Waals surface area contributed by atoms with E-state index < -0.39 is 0 Å². The van der Waals surface area contributed by atoms with E-state index in [9.17, 15) is 9.59 Å². The van der Waals surface area contributed by atoms with E-state index in [0.29, 0.717) is 24.5 Å². The molecule has 0 aliphatic carbocycles. The molecule has 1 fully saturated rings. The van der Waals surface area contributed by atoms with E-state index in [-0.39, 0.29) is 18.4 Å². The van der Waals surface area contributed by atoms with Gasteiger partial charge in [0.1, 0.15) is 12.4 Å². The van der Waals surface area contributed by atoms with Gasteiger partial charge in [-0.2, -0.15) is 0 Å². The fraction of sp³-hybridized carbons (Fsp3) is 0.533. The molecule has 2 amide bonds. The SMILES string of the molecule is CCc1cc(C(=O)N2CCCN(C)C(=O)C2)cc(NC)n1. The zero-order chi connectivity index (χ0) is 15.4. The lowest BCUT2D eigenvalue weighted by Crippen LogP contribution is -2.38. The smallest absolute Gasteiger partial charge is 0.254 e. The molecular formula is C15H22N4O2. The van der Waals surface area contributed by atoms with Gasteiger partial charge < -0.3 is 15.1 Å². The number of hydrogen-bond donors (Lipinski definition) is 1. The van der Waals surface area contributed by atoms with Crippen molar-refractivity contribution in [2.24, 2.45) is 0 Å². The molecule has 0 unspecified atom stereocenters. The minimum atomic E-state index is -0.104. The number of rotatable bonds is 3. The van der Waals surface area contributed by atoms with Crippen molar-refractivity contribution in [3.8, 4) is 0 Å². The molecule has 0 aromatic carbocycles. The zero-order valence-electron chi connectivity index (χ0n) is 12.8. The fourth-order valence-corrected chi connectivity index (χ4v) is 2.36. The summed E-state index contributed by atoms with van der Waals surface area (Å²) in [6.07, 6.45) is 1.57. The van der Waals surface area contributed by atoms with Crippen LogP contribution >= 0.6 is 0 Å². The van der Waals surface area contributed by atoms with Gasteiger partial charge in [-0.25, -0.2) is 4.98 Å². The molecule has 1 N–H and O–H groups in total. The number of nitrogens with zero attached hydrogens (tertiary/aromatic N) is 3. The molecule has 0 saturated carbocycles. The van der Waals surface area contributed by atoms with Crippen molar-refractivity contribution in [3.63, 3.8) is 0 Å². The molecule has 1 saturated heterocycles. The van der Waals surface area contributed by atoms with E-state index in [2.05, 4.69) is 10.3 Å². The first-order chi connectivity index (χ1) is 10.0. The first-order valence-corrected chi connectivity index (χ1v) is 7.27. The molecule has 1 aromatic rings. The van der Waals surface area contributed by atoms with E-state index in [1.165, 1.54) is 0 Å². The van der Waals surface area contributed by atoms with E-state index in [0.717, 1.165) is 18.5 Å². The maximum absolute atomic E-state index is 12.6. The maximum Gasteiger partial charge on any atom is 0.254 e. The Morgan fingerprint density at radius 2 is 2.14 bits per heavy atom. The van der Waals surface area contributed by atoms with Crippen LogP contribution in [-0.4, -0.2) is 60.3 Å². The van der Waals surface area contributed by atoms with Crippen LogP contribution in [0, 0.1) is 0 Å². The number of amides is 2. The van der Waals surface area contributed by atoms with Gasteiger partial charge in [-0.1, -0.05) is 6.92 Å². The monoisotopic (exact) mass is 290 g/mol. The number of hydrogen-bond acceptors (Lipinski definition) is 4. The van der Waals surface area contributed by atoms with Gasteiger partial charge in [0.05, 0.1) is 0 Å². The van der Waals surface area contributed by atoms with Gasteiger partial charge in [-0.3, -0.25) is 9.59 Å². The predicted molar refractivity (Wildman–Crippen MR) is 81.3 cm³/mol. The lowest BCUT2D eigenvalue weighted by Gasteiger charge is -2.20. The molecule has 6 heteroatoms. The lowest BCUT2D eigenvalue weighted by atomic mass is 10.1. The number of nitrogens with one attached hydrogen (secondary N) is 1. The summed E-state index contributed by atoms with van der Waals surface area (Å²) < 4.78 is 0. The largest absolute Gasteiger partial charge is 0.373 e. The summed E-state index contributed by atoms with van der Waals surface area (Å²) in [6.45, 7) is 3.45. The van der Waals surface area contributed by atoms with Gasteiger partial charge in [0.2, 0.25) is 5.91 Å². The molecule has 0 bridgehead atoms. The third kappa shape index (κ3) is 3.51. The Bertz CT molecular complexity index is 522. The van der Waals surface area contributed by atoms with Crippen LogP contribution in [-0.2, 0) is 11.2 Å². The second-order valence-corrected chi connectivity index (χ2v) is 5.23. The average Bonchev–Trinajstić information content (AvgIpc) is 2.67. The maximum atomic E-state index is 12.6. The van der Waals surface area contributed by atoms with Gasteiger partial charge in [-0.15, -0.1) is 0 Å². The minimum Gasteiger partial charge on any atom is -0.373 e. The van der Waals surface area contributed by atoms with Gasteiger partial charge in [0.15, 0.2) is 0 Å². The number of pyridine rings is 1. The molecule has 1 aliphatic rings. The second-order valence-electron chi connectivity index (χ2n) is 5.23. The summed E-state index contributed by atoms with van der Waals surface area (Å²) in [5.74, 6) is 0.558. The molecule has 2 rings (SSSR count). The number of carbonyl (C=O) groups excluding carboxylic acids is 2. The molecule has 2 heterocycles. The number of likely N-dealkylation sites (N-methyl/N-ethyl adjacent to an activating group) is 1. The van der Waals surface area contributed by atoms with Crippen LogP contribution in [0.2, 0.25) is 0 Å². The number of aromatic nitrogens is 1. The van der Waals surface area contributed by atoms with Crippen molar-refractivity contribution in [1.29, 1.82) is 0 Å². The fourth-order valence-electron chi connectivity index (χ4n) is 2.36. The molecule has 0 atom stereocenters.